The smallest absolute Gasteiger partial charge is 0.0219 e. The number of nitrogens with two attached hydrogens (primary N) is 1. The van der Waals surface area contributed by atoms with E-state index in [-0.39, 0.29) is 0 Å². The molecule has 0 heterocycles. The lowest BCUT2D eigenvalue weighted by molar-refractivity contribution is 0.341. The second kappa shape index (κ2) is 3.75. The van der Waals surface area contributed by atoms with Crippen LogP contribution in [0.5, 0.6) is 0 Å². The summed E-state index contributed by atoms with van der Waals surface area (Å²) >= 11 is 0. The molecule has 0 amide bonds. The molecule has 2 nitrogen and oxygen atoms in total. The summed E-state index contributed by atoms with van der Waals surface area (Å²) in [6.07, 6.45) is 3.75. The maximum absolute atomic E-state index is 5.95. The molecule has 12 heavy (non-hydrogen) atoms. The first-order valence-electron chi connectivity index (χ1n) is 4.98. The highest BCUT2D eigenvalue weighted by atomic mass is 15.0. The number of rotatable bonds is 2. The van der Waals surface area contributed by atoms with E-state index in [1.807, 2.05) is 0 Å². The van der Waals surface area contributed by atoms with Gasteiger partial charge >= 0.3 is 0 Å². The fraction of sp³-hybridized carbons (Fsp3) is 1.00. The molecule has 2 heteroatoms. The van der Waals surface area contributed by atoms with Gasteiger partial charge in [-0.05, 0) is 18.3 Å². The van der Waals surface area contributed by atoms with Crippen molar-refractivity contribution in [1.82, 2.24) is 5.32 Å². The van der Waals surface area contributed by atoms with Gasteiger partial charge in [-0.3, -0.25) is 0 Å². The normalized spacial score (nSPS) is 31.0. The maximum Gasteiger partial charge on any atom is 0.0219 e. The molecule has 0 aromatic heterocycles. The number of nitrogens with one attached hydrogen (secondary N) is 1. The Labute approximate surface area is 75.9 Å². The van der Waals surface area contributed by atoms with E-state index in [0.29, 0.717) is 17.5 Å². The van der Waals surface area contributed by atoms with Crippen molar-refractivity contribution in [1.29, 1.82) is 0 Å². The lowest BCUT2D eigenvalue weighted by Gasteiger charge is -2.24. The SMILES string of the molecule is CC(C)(C)CN[C@H]1CCC[C@@H]1N. The van der Waals surface area contributed by atoms with Crippen molar-refractivity contribution in [3.63, 3.8) is 0 Å². The molecule has 0 saturated heterocycles. The molecule has 72 valence electrons. The van der Waals surface area contributed by atoms with Crippen molar-refractivity contribution >= 4 is 0 Å². The van der Waals surface area contributed by atoms with E-state index in [1.54, 1.807) is 0 Å². The molecule has 1 aliphatic carbocycles. The van der Waals surface area contributed by atoms with Crippen molar-refractivity contribution in [2.45, 2.75) is 52.1 Å². The molecule has 3 N–H and O–H groups in total. The molecular weight excluding hydrogens is 148 g/mol. The van der Waals surface area contributed by atoms with Gasteiger partial charge in [-0.1, -0.05) is 27.2 Å². The summed E-state index contributed by atoms with van der Waals surface area (Å²) in [6, 6.07) is 0.969. The van der Waals surface area contributed by atoms with E-state index in [1.165, 1.54) is 19.3 Å². The number of hydrogen-bond donors (Lipinski definition) is 2. The van der Waals surface area contributed by atoms with Crippen LogP contribution in [0.4, 0.5) is 0 Å². The highest BCUT2D eigenvalue weighted by Crippen LogP contribution is 2.19. The van der Waals surface area contributed by atoms with Gasteiger partial charge in [0, 0.05) is 18.6 Å². The van der Waals surface area contributed by atoms with Crippen LogP contribution >= 0.6 is 0 Å². The van der Waals surface area contributed by atoms with Gasteiger partial charge in [0.05, 0.1) is 0 Å². The quantitative estimate of drug-likeness (QED) is 0.659. The third kappa shape index (κ3) is 3.11. The second-order valence-corrected chi connectivity index (χ2v) is 5.14. The highest BCUT2D eigenvalue weighted by molar-refractivity contribution is 4.86. The third-order valence-electron chi connectivity index (χ3n) is 2.46. The average Bonchev–Trinajstić information content (AvgIpc) is 2.29. The van der Waals surface area contributed by atoms with Gasteiger partial charge in [-0.25, -0.2) is 0 Å². The molecule has 0 bridgehead atoms. The monoisotopic (exact) mass is 170 g/mol. The molecule has 0 aromatic carbocycles. The van der Waals surface area contributed by atoms with Crippen LogP contribution in [0, 0.1) is 5.41 Å². The summed E-state index contributed by atoms with van der Waals surface area (Å²) < 4.78 is 0. The average molecular weight is 170 g/mol. The predicted octanol–water partition coefficient (Wildman–Crippen LogP) is 1.50. The highest BCUT2D eigenvalue weighted by Gasteiger charge is 2.24. The molecule has 0 unspecified atom stereocenters. The Hall–Kier alpha value is -0.0800. The van der Waals surface area contributed by atoms with Crippen LogP contribution in [-0.2, 0) is 0 Å². The minimum Gasteiger partial charge on any atom is -0.326 e. The van der Waals surface area contributed by atoms with Crippen molar-refractivity contribution < 1.29 is 0 Å². The van der Waals surface area contributed by atoms with E-state index in [0.717, 1.165) is 6.54 Å². The molecular formula is C10H22N2. The van der Waals surface area contributed by atoms with Crippen molar-refractivity contribution in [2.75, 3.05) is 6.54 Å². The van der Waals surface area contributed by atoms with Gasteiger partial charge in [0.1, 0.15) is 0 Å². The van der Waals surface area contributed by atoms with E-state index in [9.17, 15) is 0 Å². The Morgan fingerprint density at radius 2 is 2.00 bits per heavy atom. The van der Waals surface area contributed by atoms with Crippen LogP contribution in [0.1, 0.15) is 40.0 Å². The standard InChI is InChI=1S/C10H22N2/c1-10(2,3)7-12-9-6-4-5-8(9)11/h8-9,12H,4-7,11H2,1-3H3/t8-,9-/m0/s1. The van der Waals surface area contributed by atoms with Crippen LogP contribution < -0.4 is 11.1 Å². The Morgan fingerprint density at radius 1 is 1.33 bits per heavy atom. The maximum atomic E-state index is 5.95. The zero-order valence-corrected chi connectivity index (χ0v) is 8.56. The Kier molecular flexibility index (Phi) is 3.13. The zero-order valence-electron chi connectivity index (χ0n) is 8.56. The zero-order chi connectivity index (χ0) is 9.19. The van der Waals surface area contributed by atoms with E-state index in [2.05, 4.69) is 26.1 Å². The number of hydrogen-bond acceptors (Lipinski definition) is 2. The summed E-state index contributed by atoms with van der Waals surface area (Å²) in [5.74, 6) is 0. The van der Waals surface area contributed by atoms with E-state index >= 15 is 0 Å². The van der Waals surface area contributed by atoms with Crippen molar-refractivity contribution in [3.8, 4) is 0 Å². The molecule has 0 spiro atoms. The Balaban J connectivity index is 2.23. The molecule has 0 aromatic rings. The first-order valence-corrected chi connectivity index (χ1v) is 4.98. The predicted molar refractivity (Wildman–Crippen MR) is 53.1 cm³/mol. The van der Waals surface area contributed by atoms with Crippen LogP contribution in [-0.4, -0.2) is 18.6 Å². The molecule has 1 rings (SSSR count). The van der Waals surface area contributed by atoms with Crippen LogP contribution in [0.2, 0.25) is 0 Å². The molecule has 1 fully saturated rings. The summed E-state index contributed by atoms with van der Waals surface area (Å²) in [5, 5.41) is 3.55. The van der Waals surface area contributed by atoms with E-state index < -0.39 is 0 Å². The van der Waals surface area contributed by atoms with Gasteiger partial charge in [-0.15, -0.1) is 0 Å². The summed E-state index contributed by atoms with van der Waals surface area (Å²) in [5.41, 5.74) is 6.32. The first-order chi connectivity index (χ1) is 5.49. The molecule has 2 atom stereocenters. The van der Waals surface area contributed by atoms with Crippen LogP contribution in [0.3, 0.4) is 0 Å². The molecule has 0 aliphatic heterocycles. The summed E-state index contributed by atoms with van der Waals surface area (Å²) in [7, 11) is 0. The topological polar surface area (TPSA) is 38.0 Å². The van der Waals surface area contributed by atoms with Gasteiger partial charge in [-0.2, -0.15) is 0 Å². The van der Waals surface area contributed by atoms with Gasteiger partial charge in [0.15, 0.2) is 0 Å². The molecule has 1 aliphatic rings. The third-order valence-corrected chi connectivity index (χ3v) is 2.46. The summed E-state index contributed by atoms with van der Waals surface area (Å²) in [4.78, 5) is 0. The minimum absolute atomic E-state index is 0.377. The van der Waals surface area contributed by atoms with Crippen LogP contribution in [0.15, 0.2) is 0 Å². The van der Waals surface area contributed by atoms with Gasteiger partial charge < -0.3 is 11.1 Å². The van der Waals surface area contributed by atoms with Gasteiger partial charge in [0.2, 0.25) is 0 Å². The Bertz CT molecular complexity index is 137. The fourth-order valence-corrected chi connectivity index (χ4v) is 1.68. The molecule has 1 saturated carbocycles. The van der Waals surface area contributed by atoms with E-state index in [4.69, 9.17) is 5.73 Å². The lowest BCUT2D eigenvalue weighted by Crippen LogP contribution is -2.44. The van der Waals surface area contributed by atoms with Crippen molar-refractivity contribution in [3.05, 3.63) is 0 Å². The van der Waals surface area contributed by atoms with Crippen molar-refractivity contribution in [2.24, 2.45) is 11.1 Å². The van der Waals surface area contributed by atoms with Crippen LogP contribution in [0.25, 0.3) is 0 Å². The summed E-state index contributed by atoms with van der Waals surface area (Å²) in [6.45, 7) is 7.83. The first kappa shape index (κ1) is 10.0. The lowest BCUT2D eigenvalue weighted by atomic mass is 9.96. The Morgan fingerprint density at radius 3 is 2.42 bits per heavy atom. The minimum atomic E-state index is 0.377. The largest absolute Gasteiger partial charge is 0.326 e. The fourth-order valence-electron chi connectivity index (χ4n) is 1.68. The van der Waals surface area contributed by atoms with Gasteiger partial charge in [0.25, 0.3) is 0 Å². The molecule has 0 radical (unpaired) electrons. The second-order valence-electron chi connectivity index (χ2n) is 5.14.